The van der Waals surface area contributed by atoms with Crippen LogP contribution >= 0.6 is 23.2 Å². The van der Waals surface area contributed by atoms with Gasteiger partial charge in [0.25, 0.3) is 5.91 Å². The summed E-state index contributed by atoms with van der Waals surface area (Å²) >= 11 is 12.1. The molecule has 1 fully saturated rings. The highest BCUT2D eigenvalue weighted by atomic mass is 35.5. The quantitative estimate of drug-likeness (QED) is 0.903. The Morgan fingerprint density at radius 1 is 1.39 bits per heavy atom. The Balaban J connectivity index is 1.83. The summed E-state index contributed by atoms with van der Waals surface area (Å²) in [4.78, 5) is 14.4. The molecule has 0 saturated carbocycles. The SMILES string of the molecule is CC1(C)CN(C(=O)c2cnn(-c3ccc(Cl)cc3Cl)c2)CC1N. The predicted molar refractivity (Wildman–Crippen MR) is 91.2 cm³/mol. The molecule has 1 atom stereocenters. The first-order valence-electron chi connectivity index (χ1n) is 7.33. The van der Waals surface area contributed by atoms with Crippen LogP contribution in [0.1, 0.15) is 24.2 Å². The highest BCUT2D eigenvalue weighted by Crippen LogP contribution is 2.29. The summed E-state index contributed by atoms with van der Waals surface area (Å²) in [6, 6.07) is 5.12. The first-order valence-corrected chi connectivity index (χ1v) is 8.08. The van der Waals surface area contributed by atoms with Crippen LogP contribution in [0.4, 0.5) is 0 Å². The number of nitrogens with zero attached hydrogens (tertiary/aromatic N) is 3. The molecule has 2 heterocycles. The topological polar surface area (TPSA) is 64.2 Å². The summed E-state index contributed by atoms with van der Waals surface area (Å²) in [7, 11) is 0. The molecule has 5 nitrogen and oxygen atoms in total. The highest BCUT2D eigenvalue weighted by Gasteiger charge is 2.39. The Labute approximate surface area is 145 Å². The van der Waals surface area contributed by atoms with Crippen molar-refractivity contribution in [3.05, 3.63) is 46.2 Å². The molecule has 122 valence electrons. The van der Waals surface area contributed by atoms with Crippen LogP contribution in [0.25, 0.3) is 5.69 Å². The van der Waals surface area contributed by atoms with E-state index in [4.69, 9.17) is 28.9 Å². The van der Waals surface area contributed by atoms with Crippen molar-refractivity contribution >= 4 is 29.1 Å². The molecule has 7 heteroatoms. The van der Waals surface area contributed by atoms with E-state index in [1.807, 2.05) is 0 Å². The number of hydrogen-bond donors (Lipinski definition) is 1. The van der Waals surface area contributed by atoms with E-state index in [0.29, 0.717) is 34.4 Å². The number of carbonyl (C=O) groups is 1. The number of amides is 1. The van der Waals surface area contributed by atoms with Crippen LogP contribution in [0.5, 0.6) is 0 Å². The molecule has 1 aliphatic rings. The van der Waals surface area contributed by atoms with E-state index in [0.717, 1.165) is 0 Å². The lowest BCUT2D eigenvalue weighted by molar-refractivity contribution is 0.0778. The zero-order valence-electron chi connectivity index (χ0n) is 13.0. The molecule has 1 aromatic heterocycles. The summed E-state index contributed by atoms with van der Waals surface area (Å²) in [5.74, 6) is -0.0673. The second kappa shape index (κ2) is 5.82. The molecule has 0 radical (unpaired) electrons. The molecular weight excluding hydrogens is 335 g/mol. The monoisotopic (exact) mass is 352 g/mol. The normalized spacial score (nSPS) is 20.0. The number of halogens is 2. The van der Waals surface area contributed by atoms with Gasteiger partial charge in [-0.1, -0.05) is 37.0 Å². The zero-order chi connectivity index (χ0) is 16.8. The third kappa shape index (κ3) is 3.09. The second-order valence-corrected chi connectivity index (χ2v) is 7.39. The Kier molecular flexibility index (Phi) is 4.12. The molecule has 1 unspecified atom stereocenters. The fraction of sp³-hybridized carbons (Fsp3) is 0.375. The Hall–Kier alpha value is -1.56. The van der Waals surface area contributed by atoms with Gasteiger partial charge in [-0.05, 0) is 23.6 Å². The van der Waals surface area contributed by atoms with E-state index in [2.05, 4.69) is 18.9 Å². The summed E-state index contributed by atoms with van der Waals surface area (Å²) in [6.07, 6.45) is 3.22. The van der Waals surface area contributed by atoms with Crippen molar-refractivity contribution in [3.63, 3.8) is 0 Å². The maximum Gasteiger partial charge on any atom is 0.257 e. The lowest BCUT2D eigenvalue weighted by Gasteiger charge is -2.21. The van der Waals surface area contributed by atoms with Crippen LogP contribution < -0.4 is 5.73 Å². The van der Waals surface area contributed by atoms with Crippen molar-refractivity contribution < 1.29 is 4.79 Å². The van der Waals surface area contributed by atoms with E-state index in [1.165, 1.54) is 0 Å². The van der Waals surface area contributed by atoms with Gasteiger partial charge in [0.05, 0.1) is 22.5 Å². The summed E-state index contributed by atoms with van der Waals surface area (Å²) < 4.78 is 1.58. The Morgan fingerprint density at radius 3 is 2.74 bits per heavy atom. The number of rotatable bonds is 2. The number of nitrogens with two attached hydrogens (primary N) is 1. The molecule has 2 aromatic rings. The molecule has 1 aromatic carbocycles. The molecule has 3 rings (SSSR count). The van der Waals surface area contributed by atoms with Gasteiger partial charge in [0.1, 0.15) is 0 Å². The number of aromatic nitrogens is 2. The van der Waals surface area contributed by atoms with Crippen LogP contribution in [0.3, 0.4) is 0 Å². The molecule has 0 aliphatic carbocycles. The van der Waals surface area contributed by atoms with E-state index in [1.54, 1.807) is 40.2 Å². The summed E-state index contributed by atoms with van der Waals surface area (Å²) in [5.41, 5.74) is 7.22. The Morgan fingerprint density at radius 2 is 2.13 bits per heavy atom. The van der Waals surface area contributed by atoms with Crippen molar-refractivity contribution in [1.82, 2.24) is 14.7 Å². The molecule has 0 bridgehead atoms. The fourth-order valence-corrected chi connectivity index (χ4v) is 3.22. The zero-order valence-corrected chi connectivity index (χ0v) is 14.5. The average Bonchev–Trinajstić information content (AvgIpc) is 3.04. The maximum absolute atomic E-state index is 12.6. The smallest absolute Gasteiger partial charge is 0.257 e. The largest absolute Gasteiger partial charge is 0.336 e. The van der Waals surface area contributed by atoms with E-state index >= 15 is 0 Å². The average molecular weight is 353 g/mol. The number of benzene rings is 1. The maximum atomic E-state index is 12.6. The van der Waals surface area contributed by atoms with Crippen LogP contribution in [0, 0.1) is 5.41 Å². The van der Waals surface area contributed by atoms with E-state index in [-0.39, 0.29) is 17.4 Å². The van der Waals surface area contributed by atoms with Crippen molar-refractivity contribution in [3.8, 4) is 5.69 Å². The molecule has 1 aliphatic heterocycles. The van der Waals surface area contributed by atoms with Gasteiger partial charge >= 0.3 is 0 Å². The van der Waals surface area contributed by atoms with Gasteiger partial charge in [0, 0.05) is 30.4 Å². The fourth-order valence-electron chi connectivity index (χ4n) is 2.73. The highest BCUT2D eigenvalue weighted by molar-refractivity contribution is 6.35. The summed E-state index contributed by atoms with van der Waals surface area (Å²) in [5, 5.41) is 5.26. The Bertz CT molecular complexity index is 756. The van der Waals surface area contributed by atoms with Crippen LogP contribution in [0.15, 0.2) is 30.6 Å². The van der Waals surface area contributed by atoms with Gasteiger partial charge in [-0.15, -0.1) is 0 Å². The van der Waals surface area contributed by atoms with Gasteiger partial charge in [-0.3, -0.25) is 4.79 Å². The van der Waals surface area contributed by atoms with Gasteiger partial charge in [-0.2, -0.15) is 5.10 Å². The molecule has 1 amide bonds. The third-order valence-electron chi connectivity index (χ3n) is 4.29. The van der Waals surface area contributed by atoms with Crippen LogP contribution in [-0.4, -0.2) is 39.7 Å². The van der Waals surface area contributed by atoms with Crippen LogP contribution in [-0.2, 0) is 0 Å². The number of hydrogen-bond acceptors (Lipinski definition) is 3. The van der Waals surface area contributed by atoms with Crippen molar-refractivity contribution in [2.24, 2.45) is 11.1 Å². The number of carbonyl (C=O) groups excluding carboxylic acids is 1. The first-order chi connectivity index (χ1) is 10.8. The molecule has 1 saturated heterocycles. The van der Waals surface area contributed by atoms with Crippen molar-refractivity contribution in [2.45, 2.75) is 19.9 Å². The van der Waals surface area contributed by atoms with E-state index in [9.17, 15) is 4.79 Å². The molecule has 2 N–H and O–H groups in total. The lowest BCUT2D eigenvalue weighted by atomic mass is 9.89. The lowest BCUT2D eigenvalue weighted by Crippen LogP contribution is -2.35. The minimum Gasteiger partial charge on any atom is -0.336 e. The van der Waals surface area contributed by atoms with Crippen molar-refractivity contribution in [2.75, 3.05) is 13.1 Å². The first kappa shape index (κ1) is 16.3. The van der Waals surface area contributed by atoms with Crippen molar-refractivity contribution in [1.29, 1.82) is 0 Å². The third-order valence-corrected chi connectivity index (χ3v) is 4.83. The summed E-state index contributed by atoms with van der Waals surface area (Å²) in [6.45, 7) is 5.34. The van der Waals surface area contributed by atoms with Gasteiger partial charge in [-0.25, -0.2) is 4.68 Å². The second-order valence-electron chi connectivity index (χ2n) is 6.55. The predicted octanol–water partition coefficient (Wildman–Crippen LogP) is 2.99. The van der Waals surface area contributed by atoms with Gasteiger partial charge in [0.2, 0.25) is 0 Å². The molecule has 23 heavy (non-hydrogen) atoms. The van der Waals surface area contributed by atoms with Crippen LogP contribution in [0.2, 0.25) is 10.0 Å². The minimum atomic E-state index is -0.0782. The number of likely N-dealkylation sites (tertiary alicyclic amines) is 1. The molecular formula is C16H18Cl2N4O. The van der Waals surface area contributed by atoms with E-state index < -0.39 is 0 Å². The standard InChI is InChI=1S/C16H18Cl2N4O/c1-16(2)9-21(8-14(16)19)15(23)10-6-20-22(7-10)13-4-3-11(17)5-12(13)18/h3-7,14H,8-9,19H2,1-2H3. The molecule has 0 spiro atoms. The van der Waals surface area contributed by atoms with Gasteiger partial charge in [0.15, 0.2) is 0 Å². The minimum absolute atomic E-state index is 0.0211. The van der Waals surface area contributed by atoms with Gasteiger partial charge < -0.3 is 10.6 Å².